The molecular weight excluding hydrogens is 304 g/mol. The van der Waals surface area contributed by atoms with Gasteiger partial charge in [0.25, 0.3) is 0 Å². The lowest BCUT2D eigenvalue weighted by molar-refractivity contribution is -0.115. The minimum Gasteiger partial charge on any atom is -0.325 e. The largest absolute Gasteiger partial charge is 0.325 e. The molecule has 0 fully saturated rings. The van der Waals surface area contributed by atoms with Crippen LogP contribution in [-0.4, -0.2) is 11.2 Å². The molecule has 0 saturated heterocycles. The zero-order valence-electron chi connectivity index (χ0n) is 12.4. The molecule has 2 aromatic rings. The smallest absolute Gasteiger partial charge is 0.237 e. The van der Waals surface area contributed by atoms with Crippen molar-refractivity contribution in [3.63, 3.8) is 0 Å². The average Bonchev–Trinajstić information content (AvgIpc) is 2.50. The minimum absolute atomic E-state index is 0.232. The molecule has 0 spiro atoms. The summed E-state index contributed by atoms with van der Waals surface area (Å²) in [6.45, 7) is 3.40. The van der Waals surface area contributed by atoms with Crippen molar-refractivity contribution in [2.45, 2.75) is 24.9 Å². The molecule has 116 valence electrons. The first kappa shape index (κ1) is 16.5. The Hall–Kier alpha value is -1.88. The van der Waals surface area contributed by atoms with E-state index in [1.54, 1.807) is 44.2 Å². The Kier molecular flexibility index (Phi) is 5.55. The van der Waals surface area contributed by atoms with Gasteiger partial charge in [-0.15, -0.1) is 11.8 Å². The van der Waals surface area contributed by atoms with Crippen LogP contribution in [0.1, 0.15) is 18.1 Å². The van der Waals surface area contributed by atoms with Crippen LogP contribution in [0.2, 0.25) is 0 Å². The van der Waals surface area contributed by atoms with Gasteiger partial charge in [-0.1, -0.05) is 24.3 Å². The van der Waals surface area contributed by atoms with Crippen LogP contribution in [0.4, 0.5) is 14.5 Å². The van der Waals surface area contributed by atoms with Crippen molar-refractivity contribution in [1.29, 1.82) is 0 Å². The maximum atomic E-state index is 13.5. The summed E-state index contributed by atoms with van der Waals surface area (Å²) in [5.74, 6) is -0.457. The third-order valence-corrected chi connectivity index (χ3v) is 4.45. The van der Waals surface area contributed by atoms with Gasteiger partial charge in [0.15, 0.2) is 0 Å². The molecule has 2 rings (SSSR count). The van der Waals surface area contributed by atoms with Crippen LogP contribution in [0.25, 0.3) is 0 Å². The van der Waals surface area contributed by atoms with Crippen LogP contribution in [0.5, 0.6) is 0 Å². The highest BCUT2D eigenvalue weighted by molar-refractivity contribution is 7.99. The molecule has 22 heavy (non-hydrogen) atoms. The Morgan fingerprint density at radius 1 is 1.18 bits per heavy atom. The molecule has 1 N–H and O–H groups in total. The zero-order valence-corrected chi connectivity index (χ0v) is 13.2. The van der Waals surface area contributed by atoms with E-state index in [1.165, 1.54) is 23.9 Å². The first-order chi connectivity index (χ1) is 10.5. The second kappa shape index (κ2) is 7.40. The van der Waals surface area contributed by atoms with Crippen molar-refractivity contribution in [2.24, 2.45) is 0 Å². The zero-order chi connectivity index (χ0) is 16.1. The number of hydrogen-bond acceptors (Lipinski definition) is 2. The Morgan fingerprint density at radius 2 is 1.91 bits per heavy atom. The summed E-state index contributed by atoms with van der Waals surface area (Å²) in [6, 6.07) is 11.1. The molecule has 2 nitrogen and oxygen atoms in total. The minimum atomic E-state index is -0.371. The molecule has 0 aliphatic carbocycles. The van der Waals surface area contributed by atoms with Gasteiger partial charge >= 0.3 is 0 Å². The van der Waals surface area contributed by atoms with Gasteiger partial charge in [0.05, 0.1) is 5.25 Å². The molecule has 0 radical (unpaired) electrons. The van der Waals surface area contributed by atoms with E-state index in [-0.39, 0.29) is 22.8 Å². The van der Waals surface area contributed by atoms with Gasteiger partial charge in [0, 0.05) is 11.4 Å². The number of rotatable bonds is 5. The number of aryl methyl sites for hydroxylation is 1. The van der Waals surface area contributed by atoms with Crippen LogP contribution in [0.3, 0.4) is 0 Å². The van der Waals surface area contributed by atoms with Gasteiger partial charge in [-0.25, -0.2) is 8.78 Å². The van der Waals surface area contributed by atoms with Crippen molar-refractivity contribution >= 4 is 23.4 Å². The third kappa shape index (κ3) is 4.31. The molecule has 2 aromatic carbocycles. The first-order valence-corrected chi connectivity index (χ1v) is 7.94. The number of thioether (sulfide) groups is 1. The summed E-state index contributed by atoms with van der Waals surface area (Å²) < 4.78 is 27.0. The van der Waals surface area contributed by atoms with Crippen molar-refractivity contribution in [3.05, 3.63) is 65.2 Å². The quantitative estimate of drug-likeness (QED) is 0.876. The van der Waals surface area contributed by atoms with Crippen molar-refractivity contribution in [3.8, 4) is 0 Å². The van der Waals surface area contributed by atoms with Crippen LogP contribution < -0.4 is 5.32 Å². The Bertz CT molecular complexity index is 675. The maximum Gasteiger partial charge on any atom is 0.237 e. The van der Waals surface area contributed by atoms with E-state index in [9.17, 15) is 13.6 Å². The van der Waals surface area contributed by atoms with E-state index in [0.29, 0.717) is 22.6 Å². The van der Waals surface area contributed by atoms with Crippen molar-refractivity contribution in [1.82, 2.24) is 0 Å². The Balaban J connectivity index is 1.92. The highest BCUT2D eigenvalue weighted by atomic mass is 32.2. The lowest BCUT2D eigenvalue weighted by Gasteiger charge is -2.12. The van der Waals surface area contributed by atoms with E-state index in [2.05, 4.69) is 5.32 Å². The number of carbonyl (C=O) groups is 1. The van der Waals surface area contributed by atoms with E-state index in [4.69, 9.17) is 0 Å². The number of amides is 1. The summed E-state index contributed by atoms with van der Waals surface area (Å²) in [6.07, 6.45) is 0. The van der Waals surface area contributed by atoms with Crippen molar-refractivity contribution in [2.75, 3.05) is 5.32 Å². The second-order valence-electron chi connectivity index (χ2n) is 5.00. The monoisotopic (exact) mass is 321 g/mol. The van der Waals surface area contributed by atoms with E-state index in [1.807, 2.05) is 0 Å². The number of hydrogen-bond donors (Lipinski definition) is 1. The predicted octanol–water partition coefficient (Wildman–Crippen LogP) is 4.53. The third-order valence-electron chi connectivity index (χ3n) is 3.26. The molecule has 5 heteroatoms. The van der Waals surface area contributed by atoms with Crippen LogP contribution in [0, 0.1) is 18.6 Å². The van der Waals surface area contributed by atoms with Gasteiger partial charge < -0.3 is 5.32 Å². The van der Waals surface area contributed by atoms with E-state index >= 15 is 0 Å². The van der Waals surface area contributed by atoms with Crippen LogP contribution >= 0.6 is 11.8 Å². The van der Waals surface area contributed by atoms with Gasteiger partial charge in [0.2, 0.25) is 5.91 Å². The molecular formula is C17H17F2NOS. The first-order valence-electron chi connectivity index (χ1n) is 6.89. The number of carbonyl (C=O) groups excluding carboxylic acids is 1. The molecule has 0 bridgehead atoms. The van der Waals surface area contributed by atoms with Gasteiger partial charge in [-0.3, -0.25) is 4.79 Å². The molecule has 1 unspecified atom stereocenters. The maximum absolute atomic E-state index is 13.5. The fourth-order valence-electron chi connectivity index (χ4n) is 1.82. The SMILES string of the molecule is Cc1ccc(NC(=O)C(C)SCc2ccccc2F)cc1F. The molecule has 0 aliphatic heterocycles. The number of anilines is 1. The highest BCUT2D eigenvalue weighted by Crippen LogP contribution is 2.21. The lowest BCUT2D eigenvalue weighted by atomic mass is 10.2. The number of benzene rings is 2. The number of halogens is 2. The Morgan fingerprint density at radius 3 is 2.59 bits per heavy atom. The summed E-state index contributed by atoms with van der Waals surface area (Å²) in [5.41, 5.74) is 1.51. The summed E-state index contributed by atoms with van der Waals surface area (Å²) >= 11 is 1.33. The highest BCUT2D eigenvalue weighted by Gasteiger charge is 2.15. The summed E-state index contributed by atoms with van der Waals surface area (Å²) in [4.78, 5) is 12.1. The Labute approximate surface area is 132 Å². The standard InChI is InChI=1S/C17H17F2NOS/c1-11-7-8-14(9-16(11)19)20-17(21)12(2)22-10-13-5-3-4-6-15(13)18/h3-9,12H,10H2,1-2H3,(H,20,21). The van der Waals surface area contributed by atoms with Crippen LogP contribution in [-0.2, 0) is 10.5 Å². The molecule has 0 aliphatic rings. The van der Waals surface area contributed by atoms with Gasteiger partial charge in [-0.2, -0.15) is 0 Å². The second-order valence-corrected chi connectivity index (χ2v) is 6.33. The molecule has 0 heterocycles. The fourth-order valence-corrected chi connectivity index (χ4v) is 2.69. The predicted molar refractivity (Wildman–Crippen MR) is 86.9 cm³/mol. The van der Waals surface area contributed by atoms with Crippen LogP contribution in [0.15, 0.2) is 42.5 Å². The lowest BCUT2D eigenvalue weighted by Crippen LogP contribution is -2.22. The number of nitrogens with one attached hydrogen (secondary N) is 1. The normalized spacial score (nSPS) is 12.0. The molecule has 0 saturated carbocycles. The summed E-state index contributed by atoms with van der Waals surface area (Å²) in [5, 5.41) is 2.30. The fraction of sp³-hybridized carbons (Fsp3) is 0.235. The van der Waals surface area contributed by atoms with E-state index < -0.39 is 0 Å². The average molecular weight is 321 g/mol. The van der Waals surface area contributed by atoms with Gasteiger partial charge in [0.1, 0.15) is 11.6 Å². The van der Waals surface area contributed by atoms with Gasteiger partial charge in [-0.05, 0) is 43.2 Å². The van der Waals surface area contributed by atoms with E-state index in [0.717, 1.165) is 0 Å². The molecule has 0 aromatic heterocycles. The topological polar surface area (TPSA) is 29.1 Å². The summed E-state index contributed by atoms with van der Waals surface area (Å²) in [7, 11) is 0. The molecule has 1 amide bonds. The molecule has 1 atom stereocenters. The van der Waals surface area contributed by atoms with Crippen molar-refractivity contribution < 1.29 is 13.6 Å².